The molecule has 1 heterocycles. The van der Waals surface area contributed by atoms with Gasteiger partial charge in [0.05, 0.1) is 19.3 Å². The van der Waals surface area contributed by atoms with Crippen molar-refractivity contribution in [1.82, 2.24) is 4.90 Å². The summed E-state index contributed by atoms with van der Waals surface area (Å²) in [6, 6.07) is 0. The van der Waals surface area contributed by atoms with E-state index in [1.807, 2.05) is 0 Å². The maximum Gasteiger partial charge on any atom is 0.265 e. The van der Waals surface area contributed by atoms with Crippen molar-refractivity contribution >= 4 is 16.0 Å². The Morgan fingerprint density at radius 3 is 2.23 bits per heavy atom. The average molecular weight is 207 g/mol. The van der Waals surface area contributed by atoms with Gasteiger partial charge in [-0.2, -0.15) is 8.42 Å². The fraction of sp³-hybridized carbons (Fsp3) is 0.857. The smallest absolute Gasteiger partial charge is 0.265 e. The zero-order valence-corrected chi connectivity index (χ0v) is 8.72. The highest BCUT2D eigenvalue weighted by molar-refractivity contribution is 7.86. The molecule has 0 spiro atoms. The number of hydrogen-bond acceptors (Lipinski definition) is 4. The molecule has 76 valence electrons. The molecule has 13 heavy (non-hydrogen) atoms. The Hall–Kier alpha value is -0.620. The van der Waals surface area contributed by atoms with Crippen LogP contribution in [0.25, 0.3) is 0 Å². The van der Waals surface area contributed by atoms with Crippen LogP contribution in [-0.2, 0) is 19.1 Å². The Bertz CT molecular complexity index is 315. The van der Waals surface area contributed by atoms with Gasteiger partial charge in [-0.1, -0.05) is 0 Å². The van der Waals surface area contributed by atoms with Crippen LogP contribution in [0.1, 0.15) is 13.8 Å². The minimum absolute atomic E-state index is 0.0606. The SMILES string of the molecule is CC(=O)N1CC(C)(OS(C)(=O)=O)C1. The molecule has 6 heteroatoms. The topological polar surface area (TPSA) is 63.7 Å². The quantitative estimate of drug-likeness (QED) is 0.577. The van der Waals surface area contributed by atoms with E-state index in [9.17, 15) is 13.2 Å². The fourth-order valence-electron chi connectivity index (χ4n) is 1.40. The summed E-state index contributed by atoms with van der Waals surface area (Å²) in [4.78, 5) is 12.3. The maximum atomic E-state index is 10.8. The molecule has 0 bridgehead atoms. The third-order valence-corrected chi connectivity index (χ3v) is 2.55. The predicted octanol–water partition coefficient (Wildman–Crippen LogP) is -0.417. The fourth-order valence-corrected chi connectivity index (χ4v) is 2.24. The monoisotopic (exact) mass is 207 g/mol. The summed E-state index contributed by atoms with van der Waals surface area (Å²) in [5.41, 5.74) is -0.723. The molecule has 0 aromatic heterocycles. The molecule has 0 aromatic carbocycles. The van der Waals surface area contributed by atoms with E-state index in [1.54, 1.807) is 6.92 Å². The van der Waals surface area contributed by atoms with Crippen molar-refractivity contribution in [3.8, 4) is 0 Å². The Morgan fingerprint density at radius 2 is 1.92 bits per heavy atom. The van der Waals surface area contributed by atoms with Crippen molar-refractivity contribution in [3.63, 3.8) is 0 Å². The summed E-state index contributed by atoms with van der Waals surface area (Å²) in [5.74, 6) is -0.0606. The van der Waals surface area contributed by atoms with Crippen molar-refractivity contribution in [2.45, 2.75) is 19.4 Å². The van der Waals surface area contributed by atoms with Crippen molar-refractivity contribution in [1.29, 1.82) is 0 Å². The number of amides is 1. The molecule has 1 fully saturated rings. The third-order valence-electron chi connectivity index (χ3n) is 1.85. The minimum atomic E-state index is -3.43. The van der Waals surface area contributed by atoms with E-state index in [0.717, 1.165) is 6.26 Å². The van der Waals surface area contributed by atoms with Gasteiger partial charge in [-0.3, -0.25) is 8.98 Å². The normalized spacial score (nSPS) is 21.0. The Labute approximate surface area is 77.8 Å². The Balaban J connectivity index is 2.52. The number of rotatable bonds is 2. The summed E-state index contributed by atoms with van der Waals surface area (Å²) in [7, 11) is -3.43. The van der Waals surface area contributed by atoms with Crippen molar-refractivity contribution in [2.24, 2.45) is 0 Å². The lowest BCUT2D eigenvalue weighted by Gasteiger charge is -2.45. The lowest BCUT2D eigenvalue weighted by molar-refractivity contribution is -0.145. The van der Waals surface area contributed by atoms with Crippen LogP contribution in [0, 0.1) is 0 Å². The van der Waals surface area contributed by atoms with E-state index in [4.69, 9.17) is 4.18 Å². The second kappa shape index (κ2) is 2.95. The highest BCUT2D eigenvalue weighted by Crippen LogP contribution is 2.25. The number of hydrogen-bond donors (Lipinski definition) is 0. The van der Waals surface area contributed by atoms with E-state index >= 15 is 0 Å². The molecule has 0 atom stereocenters. The zero-order chi connectivity index (χ0) is 10.3. The summed E-state index contributed by atoms with van der Waals surface area (Å²) in [6.07, 6.45) is 1.01. The average Bonchev–Trinajstić information content (AvgIpc) is 1.77. The van der Waals surface area contributed by atoms with E-state index in [0.29, 0.717) is 13.1 Å². The molecule has 0 unspecified atom stereocenters. The lowest BCUT2D eigenvalue weighted by Crippen LogP contribution is -2.63. The summed E-state index contributed by atoms with van der Waals surface area (Å²) < 4.78 is 26.4. The van der Waals surface area contributed by atoms with Gasteiger partial charge in [0, 0.05) is 6.92 Å². The number of carbonyl (C=O) groups excluding carboxylic acids is 1. The molecule has 1 amide bonds. The number of likely N-dealkylation sites (tertiary alicyclic amines) is 1. The second-order valence-corrected chi connectivity index (χ2v) is 5.19. The van der Waals surface area contributed by atoms with Gasteiger partial charge < -0.3 is 4.90 Å². The number of carbonyl (C=O) groups is 1. The van der Waals surface area contributed by atoms with Gasteiger partial charge in [0.15, 0.2) is 0 Å². The lowest BCUT2D eigenvalue weighted by atomic mass is 9.97. The Kier molecular flexibility index (Phi) is 2.38. The van der Waals surface area contributed by atoms with Crippen LogP contribution in [0.15, 0.2) is 0 Å². The molecule has 1 aliphatic heterocycles. The van der Waals surface area contributed by atoms with Gasteiger partial charge in [-0.25, -0.2) is 0 Å². The van der Waals surface area contributed by atoms with Crippen LogP contribution >= 0.6 is 0 Å². The maximum absolute atomic E-state index is 10.8. The predicted molar refractivity (Wildman–Crippen MR) is 46.6 cm³/mol. The zero-order valence-electron chi connectivity index (χ0n) is 7.90. The van der Waals surface area contributed by atoms with Gasteiger partial charge in [0.25, 0.3) is 10.1 Å². The van der Waals surface area contributed by atoms with Crippen molar-refractivity contribution < 1.29 is 17.4 Å². The van der Waals surface area contributed by atoms with Gasteiger partial charge in [-0.15, -0.1) is 0 Å². The van der Waals surface area contributed by atoms with Gasteiger partial charge in [0.2, 0.25) is 5.91 Å². The Morgan fingerprint density at radius 1 is 1.46 bits per heavy atom. The van der Waals surface area contributed by atoms with Gasteiger partial charge in [0.1, 0.15) is 5.60 Å². The summed E-state index contributed by atoms with van der Waals surface area (Å²) in [5, 5.41) is 0. The van der Waals surface area contributed by atoms with Crippen LogP contribution < -0.4 is 0 Å². The van der Waals surface area contributed by atoms with Gasteiger partial charge in [-0.05, 0) is 6.92 Å². The van der Waals surface area contributed by atoms with Crippen LogP contribution in [0.3, 0.4) is 0 Å². The molecule has 1 rings (SSSR count). The molecule has 0 aliphatic carbocycles. The van der Waals surface area contributed by atoms with E-state index in [-0.39, 0.29) is 5.91 Å². The number of nitrogens with zero attached hydrogens (tertiary/aromatic N) is 1. The third kappa shape index (κ3) is 2.67. The van der Waals surface area contributed by atoms with E-state index < -0.39 is 15.7 Å². The highest BCUT2D eigenvalue weighted by atomic mass is 32.2. The molecule has 0 radical (unpaired) electrons. The highest BCUT2D eigenvalue weighted by Gasteiger charge is 2.43. The van der Waals surface area contributed by atoms with Crippen molar-refractivity contribution in [3.05, 3.63) is 0 Å². The first-order valence-corrected chi connectivity index (χ1v) is 5.70. The van der Waals surface area contributed by atoms with Crippen LogP contribution in [0.4, 0.5) is 0 Å². The van der Waals surface area contributed by atoms with Crippen molar-refractivity contribution in [2.75, 3.05) is 19.3 Å². The van der Waals surface area contributed by atoms with Crippen LogP contribution in [-0.4, -0.2) is 44.2 Å². The summed E-state index contributed by atoms with van der Waals surface area (Å²) >= 11 is 0. The largest absolute Gasteiger partial charge is 0.337 e. The molecule has 5 nitrogen and oxygen atoms in total. The first kappa shape index (κ1) is 10.5. The van der Waals surface area contributed by atoms with Crippen LogP contribution in [0.5, 0.6) is 0 Å². The van der Waals surface area contributed by atoms with E-state index in [1.165, 1.54) is 11.8 Å². The minimum Gasteiger partial charge on any atom is -0.337 e. The van der Waals surface area contributed by atoms with E-state index in [2.05, 4.69) is 0 Å². The molecule has 0 aromatic rings. The summed E-state index contributed by atoms with van der Waals surface area (Å²) in [6.45, 7) is 3.80. The van der Waals surface area contributed by atoms with Crippen LogP contribution in [0.2, 0.25) is 0 Å². The second-order valence-electron chi connectivity index (χ2n) is 3.61. The molecule has 0 N–H and O–H groups in total. The molecule has 1 saturated heterocycles. The first-order chi connectivity index (χ1) is 5.72. The molecular weight excluding hydrogens is 194 g/mol. The molecular formula is C7H13NO4S. The molecule has 1 aliphatic rings. The first-order valence-electron chi connectivity index (χ1n) is 3.88. The molecule has 0 saturated carbocycles. The standard InChI is InChI=1S/C7H13NO4S/c1-6(9)8-4-7(2,5-8)12-13(3,10)11/h4-5H2,1-3H3. The van der Waals surface area contributed by atoms with Gasteiger partial charge >= 0.3 is 0 Å².